The molecule has 1 atom stereocenters. The molecule has 4 heteroatoms. The van der Waals surface area contributed by atoms with Crippen molar-refractivity contribution in [1.82, 2.24) is 0 Å². The van der Waals surface area contributed by atoms with Crippen LogP contribution in [-0.2, 0) is 0 Å². The largest absolute Gasteiger partial charge is 0.493 e. The van der Waals surface area contributed by atoms with Crippen LogP contribution >= 0.6 is 15.9 Å². The molecule has 0 aromatic heterocycles. The first-order valence-electron chi connectivity index (χ1n) is 5.19. The van der Waals surface area contributed by atoms with Crippen LogP contribution in [0.1, 0.15) is 24.5 Å². The summed E-state index contributed by atoms with van der Waals surface area (Å²) in [6.45, 7) is 0. The second kappa shape index (κ2) is 6.76. The predicted molar refractivity (Wildman–Crippen MR) is 67.5 cm³/mol. The maximum Gasteiger partial charge on any atom is 0.166 e. The van der Waals surface area contributed by atoms with Crippen LogP contribution in [0.3, 0.4) is 0 Å². The Bertz CT molecular complexity index is 328. The lowest BCUT2D eigenvalue weighted by Gasteiger charge is -2.16. The Balaban J connectivity index is 2.93. The monoisotopic (exact) mass is 288 g/mol. The van der Waals surface area contributed by atoms with Crippen molar-refractivity contribution in [1.29, 1.82) is 0 Å². The van der Waals surface area contributed by atoms with Crippen molar-refractivity contribution in [2.45, 2.75) is 18.9 Å². The molecule has 0 fully saturated rings. The zero-order valence-electron chi connectivity index (χ0n) is 9.57. The zero-order valence-corrected chi connectivity index (χ0v) is 11.2. The minimum atomic E-state index is -0.511. The molecular weight excluding hydrogens is 272 g/mol. The summed E-state index contributed by atoms with van der Waals surface area (Å²) in [5.74, 6) is 1.27. The molecule has 0 aliphatic carbocycles. The normalized spacial score (nSPS) is 12.2. The average Bonchev–Trinajstić information content (AvgIpc) is 2.34. The van der Waals surface area contributed by atoms with E-state index in [4.69, 9.17) is 9.47 Å². The van der Waals surface area contributed by atoms with E-state index < -0.39 is 6.10 Å². The number of ether oxygens (including phenoxy) is 2. The van der Waals surface area contributed by atoms with Crippen molar-refractivity contribution in [2.75, 3.05) is 19.5 Å². The Morgan fingerprint density at radius 1 is 1.31 bits per heavy atom. The fourth-order valence-electron chi connectivity index (χ4n) is 1.60. The third-order valence-electron chi connectivity index (χ3n) is 2.40. The summed E-state index contributed by atoms with van der Waals surface area (Å²) in [7, 11) is 3.17. The first kappa shape index (κ1) is 13.3. The topological polar surface area (TPSA) is 38.7 Å². The molecular formula is C12H17BrO3. The molecule has 0 unspecified atom stereocenters. The van der Waals surface area contributed by atoms with Crippen LogP contribution in [0.5, 0.6) is 11.5 Å². The molecule has 1 rings (SSSR count). The van der Waals surface area contributed by atoms with Crippen molar-refractivity contribution in [3.63, 3.8) is 0 Å². The summed E-state index contributed by atoms with van der Waals surface area (Å²) in [6, 6.07) is 5.54. The van der Waals surface area contributed by atoms with Gasteiger partial charge in [-0.1, -0.05) is 28.1 Å². The third kappa shape index (κ3) is 3.12. The Kier molecular flexibility index (Phi) is 5.63. The van der Waals surface area contributed by atoms with Gasteiger partial charge in [-0.05, 0) is 18.9 Å². The highest BCUT2D eigenvalue weighted by Gasteiger charge is 2.16. The fourth-order valence-corrected chi connectivity index (χ4v) is 1.92. The number of aliphatic hydroxyl groups is 1. The molecule has 1 aromatic carbocycles. The minimum Gasteiger partial charge on any atom is -0.493 e. The standard InChI is InChI=1S/C12H17BrO3/c1-15-11-7-3-5-9(12(11)16-2)10(14)6-4-8-13/h3,5,7,10,14H,4,6,8H2,1-2H3/t10-/m1/s1. The van der Waals surface area contributed by atoms with Gasteiger partial charge in [0, 0.05) is 10.9 Å². The van der Waals surface area contributed by atoms with E-state index in [-0.39, 0.29) is 0 Å². The summed E-state index contributed by atoms with van der Waals surface area (Å²) < 4.78 is 10.5. The number of benzene rings is 1. The lowest BCUT2D eigenvalue weighted by atomic mass is 10.0. The number of hydrogen-bond acceptors (Lipinski definition) is 3. The molecule has 0 amide bonds. The number of halogens is 1. The van der Waals surface area contributed by atoms with Gasteiger partial charge in [0.1, 0.15) is 0 Å². The molecule has 3 nitrogen and oxygen atoms in total. The van der Waals surface area contributed by atoms with Gasteiger partial charge < -0.3 is 14.6 Å². The smallest absolute Gasteiger partial charge is 0.166 e. The predicted octanol–water partition coefficient (Wildman–Crippen LogP) is 2.91. The molecule has 16 heavy (non-hydrogen) atoms. The molecule has 0 saturated carbocycles. The highest BCUT2D eigenvalue weighted by Crippen LogP contribution is 2.35. The van der Waals surface area contributed by atoms with Gasteiger partial charge in [-0.15, -0.1) is 0 Å². The average molecular weight is 289 g/mol. The van der Waals surface area contributed by atoms with E-state index in [1.807, 2.05) is 18.2 Å². The lowest BCUT2D eigenvalue weighted by molar-refractivity contribution is 0.162. The second-order valence-corrected chi connectivity index (χ2v) is 4.22. The van der Waals surface area contributed by atoms with Gasteiger partial charge in [-0.2, -0.15) is 0 Å². The number of aliphatic hydroxyl groups excluding tert-OH is 1. The highest BCUT2D eigenvalue weighted by molar-refractivity contribution is 9.09. The lowest BCUT2D eigenvalue weighted by Crippen LogP contribution is -2.02. The van der Waals surface area contributed by atoms with Gasteiger partial charge in [-0.3, -0.25) is 0 Å². The van der Waals surface area contributed by atoms with E-state index in [0.717, 1.165) is 17.3 Å². The van der Waals surface area contributed by atoms with E-state index in [9.17, 15) is 5.11 Å². The van der Waals surface area contributed by atoms with E-state index in [1.165, 1.54) is 0 Å². The summed E-state index contributed by atoms with van der Waals surface area (Å²) in [4.78, 5) is 0. The van der Waals surface area contributed by atoms with E-state index >= 15 is 0 Å². The van der Waals surface area contributed by atoms with Gasteiger partial charge in [-0.25, -0.2) is 0 Å². The number of alkyl halides is 1. The van der Waals surface area contributed by atoms with Crippen LogP contribution in [0.25, 0.3) is 0 Å². The number of hydrogen-bond donors (Lipinski definition) is 1. The maximum atomic E-state index is 10.0. The van der Waals surface area contributed by atoms with Gasteiger partial charge >= 0.3 is 0 Å². The Morgan fingerprint density at radius 2 is 2.06 bits per heavy atom. The van der Waals surface area contributed by atoms with Gasteiger partial charge in [0.05, 0.1) is 20.3 Å². The van der Waals surface area contributed by atoms with E-state index in [0.29, 0.717) is 17.9 Å². The summed E-state index contributed by atoms with van der Waals surface area (Å²) >= 11 is 3.35. The van der Waals surface area contributed by atoms with Crippen molar-refractivity contribution < 1.29 is 14.6 Å². The highest BCUT2D eigenvalue weighted by atomic mass is 79.9. The molecule has 0 spiro atoms. The molecule has 90 valence electrons. The maximum absolute atomic E-state index is 10.0. The molecule has 0 saturated heterocycles. The summed E-state index contributed by atoms with van der Waals surface area (Å²) in [5.41, 5.74) is 0.780. The minimum absolute atomic E-state index is 0.511. The third-order valence-corrected chi connectivity index (χ3v) is 2.96. The second-order valence-electron chi connectivity index (χ2n) is 3.43. The Labute approximate surface area is 105 Å². The van der Waals surface area contributed by atoms with Crippen molar-refractivity contribution in [3.05, 3.63) is 23.8 Å². The number of para-hydroxylation sites is 1. The van der Waals surface area contributed by atoms with Gasteiger partial charge in [0.15, 0.2) is 11.5 Å². The van der Waals surface area contributed by atoms with E-state index in [1.54, 1.807) is 14.2 Å². The van der Waals surface area contributed by atoms with Crippen LogP contribution < -0.4 is 9.47 Å². The van der Waals surface area contributed by atoms with Gasteiger partial charge in [0.2, 0.25) is 0 Å². The molecule has 0 aliphatic rings. The molecule has 0 aliphatic heterocycles. The number of methoxy groups -OCH3 is 2. The first-order valence-corrected chi connectivity index (χ1v) is 6.31. The SMILES string of the molecule is COc1cccc([C@H](O)CCCBr)c1OC. The quantitative estimate of drug-likeness (QED) is 0.818. The summed E-state index contributed by atoms with van der Waals surface area (Å²) in [5, 5.41) is 10.9. The Hall–Kier alpha value is -0.740. The van der Waals surface area contributed by atoms with Crippen LogP contribution in [0, 0.1) is 0 Å². The number of rotatable bonds is 6. The Morgan fingerprint density at radius 3 is 2.62 bits per heavy atom. The molecule has 0 heterocycles. The van der Waals surface area contributed by atoms with Gasteiger partial charge in [0.25, 0.3) is 0 Å². The van der Waals surface area contributed by atoms with Crippen LogP contribution in [0.2, 0.25) is 0 Å². The summed E-state index contributed by atoms with van der Waals surface area (Å²) in [6.07, 6.45) is 1.11. The van der Waals surface area contributed by atoms with Crippen molar-refractivity contribution in [2.24, 2.45) is 0 Å². The van der Waals surface area contributed by atoms with Crippen molar-refractivity contribution in [3.8, 4) is 11.5 Å². The van der Waals surface area contributed by atoms with E-state index in [2.05, 4.69) is 15.9 Å². The van der Waals surface area contributed by atoms with Crippen LogP contribution in [0.4, 0.5) is 0 Å². The molecule has 1 N–H and O–H groups in total. The molecule has 1 aromatic rings. The van der Waals surface area contributed by atoms with Crippen LogP contribution in [-0.4, -0.2) is 24.7 Å². The fraction of sp³-hybridized carbons (Fsp3) is 0.500. The molecule has 0 bridgehead atoms. The zero-order chi connectivity index (χ0) is 12.0. The van der Waals surface area contributed by atoms with Crippen LogP contribution in [0.15, 0.2) is 18.2 Å². The van der Waals surface area contributed by atoms with Crippen molar-refractivity contribution >= 4 is 15.9 Å². The molecule has 0 radical (unpaired) electrons. The first-order chi connectivity index (χ1) is 7.74.